The molecule has 2 saturated carbocycles. The Morgan fingerprint density at radius 1 is 1.42 bits per heavy atom. The van der Waals surface area contributed by atoms with Gasteiger partial charge in [-0.05, 0) is 55.2 Å². The normalized spacial score (nSPS) is 20.4. The van der Waals surface area contributed by atoms with Crippen LogP contribution in [-0.2, 0) is 6.54 Å². The van der Waals surface area contributed by atoms with E-state index in [4.69, 9.17) is 11.0 Å². The molecule has 4 nitrogen and oxygen atoms in total. The van der Waals surface area contributed by atoms with Gasteiger partial charge in [-0.25, -0.2) is 4.98 Å². The molecule has 0 radical (unpaired) electrons. The van der Waals surface area contributed by atoms with Gasteiger partial charge in [0.05, 0.1) is 22.7 Å². The number of imidazole rings is 1. The summed E-state index contributed by atoms with van der Waals surface area (Å²) in [4.78, 5) is 4.41. The van der Waals surface area contributed by atoms with Crippen molar-refractivity contribution in [3.8, 4) is 6.07 Å². The number of nitrogen functional groups attached to an aromatic ring is 1. The monoisotopic (exact) mass is 252 g/mol. The van der Waals surface area contributed by atoms with Gasteiger partial charge in [0.2, 0.25) is 5.95 Å². The lowest BCUT2D eigenvalue weighted by Crippen LogP contribution is -2.15. The zero-order valence-electron chi connectivity index (χ0n) is 10.8. The summed E-state index contributed by atoms with van der Waals surface area (Å²) in [7, 11) is 0. The van der Waals surface area contributed by atoms with E-state index in [-0.39, 0.29) is 0 Å². The summed E-state index contributed by atoms with van der Waals surface area (Å²) in [6.07, 6.45) is 5.37. The van der Waals surface area contributed by atoms with Crippen LogP contribution in [0.25, 0.3) is 11.0 Å². The zero-order valence-corrected chi connectivity index (χ0v) is 10.8. The predicted octanol–water partition coefficient (Wildman–Crippen LogP) is 2.68. The molecule has 2 aliphatic carbocycles. The summed E-state index contributed by atoms with van der Waals surface area (Å²) in [5, 5.41) is 9.03. The van der Waals surface area contributed by atoms with Crippen LogP contribution in [0, 0.1) is 22.7 Å². The largest absolute Gasteiger partial charge is 0.369 e. The first kappa shape index (κ1) is 10.9. The molecule has 0 spiro atoms. The van der Waals surface area contributed by atoms with Crippen molar-refractivity contribution >= 4 is 17.0 Å². The molecule has 2 aliphatic rings. The highest BCUT2D eigenvalue weighted by atomic mass is 15.2. The summed E-state index contributed by atoms with van der Waals surface area (Å²) >= 11 is 0. The van der Waals surface area contributed by atoms with Crippen LogP contribution < -0.4 is 5.73 Å². The second-order valence-electron chi connectivity index (χ2n) is 6.01. The lowest BCUT2D eigenvalue weighted by Gasteiger charge is -2.16. The maximum absolute atomic E-state index is 9.03. The molecule has 4 rings (SSSR count). The maximum Gasteiger partial charge on any atom is 0.201 e. The van der Waals surface area contributed by atoms with Gasteiger partial charge in [0.25, 0.3) is 0 Å². The van der Waals surface area contributed by atoms with Crippen molar-refractivity contribution in [2.45, 2.75) is 32.2 Å². The highest BCUT2D eigenvalue weighted by molar-refractivity contribution is 5.79. The fourth-order valence-electron chi connectivity index (χ4n) is 3.24. The fourth-order valence-corrected chi connectivity index (χ4v) is 3.24. The molecule has 2 aromatic rings. The molecule has 1 aromatic heterocycles. The minimum atomic E-state index is 0.477. The molecule has 1 aromatic carbocycles. The molecule has 4 heteroatoms. The average molecular weight is 252 g/mol. The van der Waals surface area contributed by atoms with Crippen molar-refractivity contribution in [3.05, 3.63) is 23.8 Å². The van der Waals surface area contributed by atoms with Crippen LogP contribution >= 0.6 is 0 Å². The summed E-state index contributed by atoms with van der Waals surface area (Å²) in [6, 6.07) is 7.78. The van der Waals surface area contributed by atoms with Crippen molar-refractivity contribution < 1.29 is 0 Å². The average Bonchev–Trinajstić information content (AvgIpc) is 3.29. The molecule has 96 valence electrons. The first-order chi connectivity index (χ1) is 9.22. The summed E-state index contributed by atoms with van der Waals surface area (Å²) in [5.41, 5.74) is 9.11. The van der Waals surface area contributed by atoms with Crippen molar-refractivity contribution in [2.24, 2.45) is 11.3 Å². The number of nitrogens with two attached hydrogens (primary N) is 1. The Kier molecular flexibility index (Phi) is 2.00. The van der Waals surface area contributed by atoms with Gasteiger partial charge in [-0.1, -0.05) is 0 Å². The Morgan fingerprint density at radius 2 is 2.21 bits per heavy atom. The number of hydrogen-bond donors (Lipinski definition) is 1. The second-order valence-corrected chi connectivity index (χ2v) is 6.01. The van der Waals surface area contributed by atoms with Crippen LogP contribution in [0.5, 0.6) is 0 Å². The predicted molar refractivity (Wildman–Crippen MR) is 73.3 cm³/mol. The highest BCUT2D eigenvalue weighted by Gasteiger charge is 2.54. The third-order valence-electron chi connectivity index (χ3n) is 4.72. The standard InChI is InChI=1S/C15H16N4/c16-8-10-1-4-12-13(7-10)19(14(17)18-12)9-15(5-6-15)11-2-3-11/h1,4,7,11H,2-3,5-6,9H2,(H2,17,18). The summed E-state index contributed by atoms with van der Waals surface area (Å²) in [6.45, 7) is 0.967. The molecule has 0 amide bonds. The van der Waals surface area contributed by atoms with Crippen molar-refractivity contribution in [1.29, 1.82) is 5.26 Å². The molecule has 0 aliphatic heterocycles. The number of benzene rings is 1. The number of nitrogens with zero attached hydrogens (tertiary/aromatic N) is 3. The number of anilines is 1. The Hall–Kier alpha value is -2.02. The molecule has 1 heterocycles. The first-order valence-corrected chi connectivity index (χ1v) is 6.88. The lowest BCUT2D eigenvalue weighted by molar-refractivity contribution is 0.377. The van der Waals surface area contributed by atoms with Crippen molar-refractivity contribution in [3.63, 3.8) is 0 Å². The number of fused-ring (bicyclic) bond motifs is 1. The van der Waals surface area contributed by atoms with Crippen LogP contribution in [0.2, 0.25) is 0 Å². The Balaban J connectivity index is 1.80. The minimum Gasteiger partial charge on any atom is -0.369 e. The molecule has 0 atom stereocenters. The molecule has 2 N–H and O–H groups in total. The smallest absolute Gasteiger partial charge is 0.201 e. The van der Waals surface area contributed by atoms with E-state index in [0.717, 1.165) is 23.5 Å². The van der Waals surface area contributed by atoms with Crippen LogP contribution in [0.4, 0.5) is 5.95 Å². The number of aromatic nitrogens is 2. The van der Waals surface area contributed by atoms with Gasteiger partial charge in [0.1, 0.15) is 0 Å². The topological polar surface area (TPSA) is 67.6 Å². The SMILES string of the molecule is N#Cc1ccc2nc(N)n(CC3(C4CC4)CC3)c2c1. The van der Waals surface area contributed by atoms with E-state index in [1.165, 1.54) is 25.7 Å². The lowest BCUT2D eigenvalue weighted by atomic mass is 10.0. The number of nitriles is 1. The van der Waals surface area contributed by atoms with E-state index in [2.05, 4.69) is 15.6 Å². The Labute approximate surface area is 111 Å². The van der Waals surface area contributed by atoms with E-state index in [0.29, 0.717) is 16.9 Å². The second kappa shape index (κ2) is 3.51. The molecule has 0 saturated heterocycles. The third-order valence-corrected chi connectivity index (χ3v) is 4.72. The van der Waals surface area contributed by atoms with E-state index in [1.807, 2.05) is 12.1 Å². The van der Waals surface area contributed by atoms with Crippen LogP contribution in [-0.4, -0.2) is 9.55 Å². The number of rotatable bonds is 3. The third kappa shape index (κ3) is 1.61. The Morgan fingerprint density at radius 3 is 2.84 bits per heavy atom. The van der Waals surface area contributed by atoms with Crippen molar-refractivity contribution in [2.75, 3.05) is 5.73 Å². The minimum absolute atomic E-state index is 0.477. The zero-order chi connectivity index (χ0) is 13.0. The van der Waals surface area contributed by atoms with Gasteiger partial charge in [-0.15, -0.1) is 0 Å². The van der Waals surface area contributed by atoms with Gasteiger partial charge in [0, 0.05) is 6.54 Å². The molecular formula is C15H16N4. The molecule has 19 heavy (non-hydrogen) atoms. The van der Waals surface area contributed by atoms with Gasteiger partial charge in [-0.2, -0.15) is 5.26 Å². The van der Waals surface area contributed by atoms with E-state index in [9.17, 15) is 0 Å². The van der Waals surface area contributed by atoms with Gasteiger partial charge >= 0.3 is 0 Å². The van der Waals surface area contributed by atoms with E-state index >= 15 is 0 Å². The van der Waals surface area contributed by atoms with Crippen molar-refractivity contribution in [1.82, 2.24) is 9.55 Å². The van der Waals surface area contributed by atoms with Gasteiger partial charge < -0.3 is 10.3 Å². The first-order valence-electron chi connectivity index (χ1n) is 6.88. The highest BCUT2D eigenvalue weighted by Crippen LogP contribution is 2.62. The Bertz CT molecular complexity index is 699. The molecule has 0 unspecified atom stereocenters. The van der Waals surface area contributed by atoms with E-state index in [1.54, 1.807) is 6.07 Å². The quantitative estimate of drug-likeness (QED) is 0.913. The fraction of sp³-hybridized carbons (Fsp3) is 0.467. The van der Waals surface area contributed by atoms with Crippen LogP contribution in [0.3, 0.4) is 0 Å². The molecule has 2 fully saturated rings. The van der Waals surface area contributed by atoms with Crippen LogP contribution in [0.15, 0.2) is 18.2 Å². The van der Waals surface area contributed by atoms with Gasteiger partial charge in [-0.3, -0.25) is 0 Å². The summed E-state index contributed by atoms with van der Waals surface area (Å²) < 4.78 is 2.11. The molecular weight excluding hydrogens is 236 g/mol. The van der Waals surface area contributed by atoms with E-state index < -0.39 is 0 Å². The van der Waals surface area contributed by atoms with Gasteiger partial charge in [0.15, 0.2) is 0 Å². The van der Waals surface area contributed by atoms with Crippen LogP contribution in [0.1, 0.15) is 31.2 Å². The number of hydrogen-bond acceptors (Lipinski definition) is 3. The molecule has 0 bridgehead atoms. The maximum atomic E-state index is 9.03. The summed E-state index contributed by atoms with van der Waals surface area (Å²) in [5.74, 6) is 1.47.